The Balaban J connectivity index is 2.50. The number of nitrogens with zero attached hydrogens (tertiary/aromatic N) is 2. The van der Waals surface area contributed by atoms with Crippen molar-refractivity contribution in [2.24, 2.45) is 0 Å². The van der Waals surface area contributed by atoms with E-state index in [4.69, 9.17) is 0 Å². The lowest BCUT2D eigenvalue weighted by Crippen LogP contribution is -2.35. The van der Waals surface area contributed by atoms with Crippen LogP contribution in [0, 0.1) is 0 Å². The van der Waals surface area contributed by atoms with E-state index in [9.17, 15) is 0 Å². The predicted molar refractivity (Wildman–Crippen MR) is 61.5 cm³/mol. The average Bonchev–Trinajstić information content (AvgIpc) is 2.58. The molecule has 0 N–H and O–H groups in total. The summed E-state index contributed by atoms with van der Waals surface area (Å²) in [6.45, 7) is 7.73. The first-order chi connectivity index (χ1) is 6.83. The van der Waals surface area contributed by atoms with Crippen LogP contribution < -0.4 is 0 Å². The summed E-state index contributed by atoms with van der Waals surface area (Å²) in [7, 11) is 0. The van der Waals surface area contributed by atoms with Gasteiger partial charge in [0.2, 0.25) is 0 Å². The van der Waals surface area contributed by atoms with Crippen LogP contribution in [0.3, 0.4) is 0 Å². The highest BCUT2D eigenvalue weighted by Crippen LogP contribution is 2.19. The van der Waals surface area contributed by atoms with Gasteiger partial charge in [0.05, 0.1) is 0 Å². The van der Waals surface area contributed by atoms with E-state index in [1.807, 2.05) is 0 Å². The van der Waals surface area contributed by atoms with Crippen molar-refractivity contribution in [3.63, 3.8) is 0 Å². The minimum absolute atomic E-state index is 0.540. The van der Waals surface area contributed by atoms with E-state index in [0.717, 1.165) is 0 Å². The summed E-state index contributed by atoms with van der Waals surface area (Å²) >= 11 is 0. The van der Waals surface area contributed by atoms with Crippen molar-refractivity contribution in [2.75, 3.05) is 6.54 Å². The normalized spacial score (nSPS) is 21.5. The van der Waals surface area contributed by atoms with Gasteiger partial charge < -0.3 is 9.80 Å². The lowest BCUT2D eigenvalue weighted by atomic mass is 10.3. The fourth-order valence-corrected chi connectivity index (χ4v) is 1.86. The molecule has 0 aromatic carbocycles. The Kier molecular flexibility index (Phi) is 4.57. The van der Waals surface area contributed by atoms with Crippen molar-refractivity contribution in [3.05, 3.63) is 24.7 Å². The number of unbranched alkanes of at least 4 members (excludes halogenated alkanes) is 1. The number of allylic oxidation sites excluding steroid dienone is 1. The molecular weight excluding hydrogens is 172 g/mol. The summed E-state index contributed by atoms with van der Waals surface area (Å²) in [6.07, 6.45) is 12.9. The maximum absolute atomic E-state index is 2.43. The molecule has 2 nitrogen and oxygen atoms in total. The Morgan fingerprint density at radius 1 is 1.29 bits per heavy atom. The van der Waals surface area contributed by atoms with E-state index in [1.165, 1.54) is 25.8 Å². The molecule has 14 heavy (non-hydrogen) atoms. The van der Waals surface area contributed by atoms with E-state index in [1.54, 1.807) is 0 Å². The summed E-state index contributed by atoms with van der Waals surface area (Å²) in [5.74, 6) is 0. The van der Waals surface area contributed by atoms with Gasteiger partial charge in [0.1, 0.15) is 6.17 Å². The first kappa shape index (κ1) is 11.2. The van der Waals surface area contributed by atoms with Gasteiger partial charge >= 0.3 is 0 Å². The lowest BCUT2D eigenvalue weighted by molar-refractivity contribution is 0.185. The Morgan fingerprint density at radius 2 is 2.07 bits per heavy atom. The van der Waals surface area contributed by atoms with Gasteiger partial charge in [0, 0.05) is 25.1 Å². The van der Waals surface area contributed by atoms with Crippen LogP contribution in [0.1, 0.15) is 40.0 Å². The average molecular weight is 194 g/mol. The summed E-state index contributed by atoms with van der Waals surface area (Å²) < 4.78 is 0. The maximum Gasteiger partial charge on any atom is 0.104 e. The highest BCUT2D eigenvalue weighted by atomic mass is 15.4. The molecule has 0 fully saturated rings. The summed E-state index contributed by atoms with van der Waals surface area (Å²) in [6, 6.07) is 0. The van der Waals surface area contributed by atoms with Gasteiger partial charge in [-0.1, -0.05) is 26.3 Å². The molecule has 1 aliphatic heterocycles. The molecule has 1 atom stereocenters. The minimum Gasteiger partial charge on any atom is -0.356 e. The van der Waals surface area contributed by atoms with Gasteiger partial charge in [0.15, 0.2) is 0 Å². The third-order valence-corrected chi connectivity index (χ3v) is 2.61. The Morgan fingerprint density at radius 3 is 2.64 bits per heavy atom. The van der Waals surface area contributed by atoms with Crippen LogP contribution in [0.15, 0.2) is 24.7 Å². The minimum atomic E-state index is 0.540. The van der Waals surface area contributed by atoms with Crippen LogP contribution in [0.25, 0.3) is 0 Å². The fourth-order valence-electron chi connectivity index (χ4n) is 1.86. The molecular formula is C12H22N2. The number of hydrogen-bond acceptors (Lipinski definition) is 2. The number of rotatable bonds is 5. The van der Waals surface area contributed by atoms with Gasteiger partial charge in [-0.05, 0) is 19.8 Å². The van der Waals surface area contributed by atoms with Crippen LogP contribution >= 0.6 is 0 Å². The molecule has 0 radical (unpaired) electrons. The number of hydrogen-bond donors (Lipinski definition) is 0. The zero-order valence-electron chi connectivity index (χ0n) is 9.61. The second kappa shape index (κ2) is 5.74. The molecule has 0 bridgehead atoms. The molecule has 1 aliphatic rings. The van der Waals surface area contributed by atoms with Gasteiger partial charge in [-0.25, -0.2) is 0 Å². The van der Waals surface area contributed by atoms with Crippen molar-refractivity contribution in [1.82, 2.24) is 9.80 Å². The van der Waals surface area contributed by atoms with Gasteiger partial charge in [-0.3, -0.25) is 0 Å². The van der Waals surface area contributed by atoms with Crippen LogP contribution in [-0.2, 0) is 0 Å². The molecule has 0 aromatic heterocycles. The molecule has 1 unspecified atom stereocenters. The highest BCUT2D eigenvalue weighted by molar-refractivity contribution is 5.01. The van der Waals surface area contributed by atoms with Gasteiger partial charge in [-0.2, -0.15) is 0 Å². The van der Waals surface area contributed by atoms with E-state index >= 15 is 0 Å². The lowest BCUT2D eigenvalue weighted by Gasteiger charge is -2.29. The molecule has 0 aliphatic carbocycles. The predicted octanol–water partition coefficient (Wildman–Crippen LogP) is 3.15. The van der Waals surface area contributed by atoms with E-state index in [2.05, 4.69) is 55.2 Å². The second-order valence-corrected chi connectivity index (χ2v) is 3.71. The molecule has 0 aromatic rings. The maximum atomic E-state index is 2.43. The van der Waals surface area contributed by atoms with Crippen molar-refractivity contribution >= 4 is 0 Å². The van der Waals surface area contributed by atoms with Crippen LogP contribution in [-0.4, -0.2) is 22.5 Å². The molecule has 0 saturated heterocycles. The monoisotopic (exact) mass is 194 g/mol. The van der Waals surface area contributed by atoms with Crippen molar-refractivity contribution in [2.45, 2.75) is 46.2 Å². The summed E-state index contributed by atoms with van der Waals surface area (Å²) in [4.78, 5) is 4.72. The van der Waals surface area contributed by atoms with E-state index in [-0.39, 0.29) is 0 Å². The molecule has 80 valence electrons. The van der Waals surface area contributed by atoms with E-state index in [0.29, 0.717) is 6.17 Å². The molecule has 1 rings (SSSR count). The van der Waals surface area contributed by atoms with Crippen LogP contribution in [0.4, 0.5) is 0 Å². The van der Waals surface area contributed by atoms with Gasteiger partial charge in [-0.15, -0.1) is 0 Å². The quantitative estimate of drug-likeness (QED) is 0.663. The molecule has 2 heteroatoms. The van der Waals surface area contributed by atoms with Crippen molar-refractivity contribution in [1.29, 1.82) is 0 Å². The second-order valence-electron chi connectivity index (χ2n) is 3.71. The highest BCUT2D eigenvalue weighted by Gasteiger charge is 2.21. The summed E-state index contributed by atoms with van der Waals surface area (Å²) in [5, 5.41) is 0. The first-order valence-corrected chi connectivity index (χ1v) is 5.67. The van der Waals surface area contributed by atoms with Crippen molar-refractivity contribution < 1.29 is 0 Å². The zero-order valence-corrected chi connectivity index (χ0v) is 9.61. The SMILES string of the molecule is CC=CN1C=CN(CCCC)C1CC. The molecule has 0 amide bonds. The third kappa shape index (κ3) is 2.53. The first-order valence-electron chi connectivity index (χ1n) is 5.67. The third-order valence-electron chi connectivity index (χ3n) is 2.61. The Hall–Kier alpha value is -0.920. The molecule has 0 spiro atoms. The van der Waals surface area contributed by atoms with Gasteiger partial charge in [0.25, 0.3) is 0 Å². The zero-order chi connectivity index (χ0) is 10.4. The summed E-state index contributed by atoms with van der Waals surface area (Å²) in [5.41, 5.74) is 0. The topological polar surface area (TPSA) is 6.48 Å². The molecule has 1 heterocycles. The standard InChI is InChI=1S/C12H22N2/c1-4-7-9-14-11-10-13(8-5-2)12(14)6-3/h5,8,10-12H,4,6-7,9H2,1-3H3. The van der Waals surface area contributed by atoms with Crippen LogP contribution in [0.2, 0.25) is 0 Å². The van der Waals surface area contributed by atoms with Crippen molar-refractivity contribution in [3.8, 4) is 0 Å². The Bertz CT molecular complexity index is 208. The largest absolute Gasteiger partial charge is 0.356 e. The Labute approximate surface area is 87.9 Å². The van der Waals surface area contributed by atoms with Crippen LogP contribution in [0.5, 0.6) is 0 Å². The molecule has 0 saturated carbocycles. The fraction of sp³-hybridized carbons (Fsp3) is 0.667. The van der Waals surface area contributed by atoms with E-state index < -0.39 is 0 Å². The smallest absolute Gasteiger partial charge is 0.104 e.